The topological polar surface area (TPSA) is 69.4 Å². The Morgan fingerprint density at radius 3 is 2.52 bits per heavy atom. The standard InChI is InChI=1S/C19H15ClFNO3S2/c1-25-17-6-3-13(8-15(17)20)14-5-2-12(10-18(14)26)11-4-7-19(16(21)9-11)27(22,23)24/h2-10,14H,1H3,(H2,22,23,24). The summed E-state index contributed by atoms with van der Waals surface area (Å²) in [6.45, 7) is 0. The first-order chi connectivity index (χ1) is 12.7. The molecule has 0 saturated carbocycles. The number of hydrogen-bond acceptors (Lipinski definition) is 4. The highest BCUT2D eigenvalue weighted by atomic mass is 35.5. The van der Waals surface area contributed by atoms with Crippen LogP contribution in [0, 0.1) is 5.82 Å². The highest BCUT2D eigenvalue weighted by Crippen LogP contribution is 2.33. The molecule has 0 fully saturated rings. The molecule has 0 saturated heterocycles. The van der Waals surface area contributed by atoms with Crippen molar-refractivity contribution in [1.82, 2.24) is 0 Å². The molecule has 2 aromatic carbocycles. The van der Waals surface area contributed by atoms with Crippen LogP contribution < -0.4 is 9.88 Å². The van der Waals surface area contributed by atoms with Crippen LogP contribution in [-0.2, 0) is 10.0 Å². The van der Waals surface area contributed by atoms with E-state index in [0.717, 1.165) is 17.7 Å². The Labute approximate surface area is 167 Å². The molecule has 1 atom stereocenters. The first-order valence-corrected chi connectivity index (χ1v) is 10.1. The van der Waals surface area contributed by atoms with Crippen molar-refractivity contribution in [2.45, 2.75) is 10.8 Å². The number of benzene rings is 2. The predicted molar refractivity (Wildman–Crippen MR) is 108 cm³/mol. The van der Waals surface area contributed by atoms with E-state index in [0.29, 0.717) is 26.8 Å². The second kappa shape index (κ2) is 7.52. The smallest absolute Gasteiger partial charge is 0.240 e. The molecule has 0 aromatic heterocycles. The van der Waals surface area contributed by atoms with Gasteiger partial charge >= 0.3 is 0 Å². The molecule has 0 aliphatic heterocycles. The van der Waals surface area contributed by atoms with Crippen molar-refractivity contribution in [1.29, 1.82) is 0 Å². The monoisotopic (exact) mass is 423 g/mol. The molecular formula is C19H15ClFNO3S2. The summed E-state index contributed by atoms with van der Waals surface area (Å²) in [7, 11) is -2.56. The van der Waals surface area contributed by atoms with Crippen molar-refractivity contribution in [2.24, 2.45) is 5.14 Å². The number of ether oxygens (including phenoxy) is 1. The van der Waals surface area contributed by atoms with E-state index in [1.807, 2.05) is 18.2 Å². The molecule has 3 rings (SSSR count). The van der Waals surface area contributed by atoms with Crippen LogP contribution in [0.5, 0.6) is 5.75 Å². The lowest BCUT2D eigenvalue weighted by molar-refractivity contribution is 0.415. The van der Waals surface area contributed by atoms with Gasteiger partial charge in [0.25, 0.3) is 0 Å². The molecule has 2 N–H and O–H groups in total. The Balaban J connectivity index is 1.89. The maximum atomic E-state index is 14.1. The number of allylic oxidation sites excluding steroid dienone is 4. The summed E-state index contributed by atoms with van der Waals surface area (Å²) < 4.78 is 41.9. The Morgan fingerprint density at radius 2 is 1.96 bits per heavy atom. The zero-order valence-corrected chi connectivity index (χ0v) is 16.5. The van der Waals surface area contributed by atoms with Gasteiger partial charge in [-0.3, -0.25) is 0 Å². The highest BCUT2D eigenvalue weighted by Gasteiger charge is 2.20. The van der Waals surface area contributed by atoms with E-state index >= 15 is 0 Å². The van der Waals surface area contributed by atoms with Gasteiger partial charge in [0, 0.05) is 10.8 Å². The fourth-order valence-corrected chi connectivity index (χ4v) is 4.02. The van der Waals surface area contributed by atoms with Gasteiger partial charge in [-0.1, -0.05) is 48.1 Å². The van der Waals surface area contributed by atoms with Gasteiger partial charge in [0.05, 0.1) is 12.1 Å². The van der Waals surface area contributed by atoms with E-state index in [4.69, 9.17) is 33.7 Å². The lowest BCUT2D eigenvalue weighted by Gasteiger charge is -2.19. The Kier molecular flexibility index (Phi) is 5.48. The van der Waals surface area contributed by atoms with Gasteiger partial charge in [-0.15, -0.1) is 0 Å². The molecule has 0 amide bonds. The van der Waals surface area contributed by atoms with Gasteiger partial charge in [0.15, 0.2) is 0 Å². The third kappa shape index (κ3) is 4.11. The SMILES string of the molecule is COc1ccc(C2C=CC(c3ccc(S(N)(=O)=O)c(F)c3)=CC2=S)cc1Cl. The van der Waals surface area contributed by atoms with Gasteiger partial charge in [-0.25, -0.2) is 17.9 Å². The van der Waals surface area contributed by atoms with Gasteiger partial charge in [0.1, 0.15) is 16.5 Å². The maximum Gasteiger partial charge on any atom is 0.240 e. The van der Waals surface area contributed by atoms with E-state index in [1.165, 1.54) is 6.07 Å². The molecular weight excluding hydrogens is 409 g/mol. The second-order valence-corrected chi connectivity index (χ2v) is 8.33. The molecule has 0 heterocycles. The number of primary sulfonamides is 1. The number of rotatable bonds is 4. The van der Waals surface area contributed by atoms with E-state index in [9.17, 15) is 12.8 Å². The largest absolute Gasteiger partial charge is 0.495 e. The van der Waals surface area contributed by atoms with Crippen LogP contribution >= 0.6 is 23.8 Å². The van der Waals surface area contributed by atoms with E-state index in [2.05, 4.69) is 0 Å². The number of hydrogen-bond donors (Lipinski definition) is 1. The second-order valence-electron chi connectivity index (χ2n) is 5.92. The Bertz CT molecular complexity index is 1090. The number of methoxy groups -OCH3 is 1. The number of sulfonamides is 1. The third-order valence-corrected chi connectivity index (χ3v) is 5.79. The van der Waals surface area contributed by atoms with Crippen molar-refractivity contribution in [2.75, 3.05) is 7.11 Å². The number of halogens is 2. The Hall–Kier alpha value is -2.06. The summed E-state index contributed by atoms with van der Waals surface area (Å²) in [5.41, 5.74) is 2.09. The molecule has 8 heteroatoms. The van der Waals surface area contributed by atoms with Crippen molar-refractivity contribution in [3.8, 4) is 5.75 Å². The number of nitrogens with two attached hydrogens (primary N) is 1. The van der Waals surface area contributed by atoms with Gasteiger partial charge in [-0.05, 0) is 47.0 Å². The zero-order valence-electron chi connectivity index (χ0n) is 14.1. The van der Waals surface area contributed by atoms with E-state index in [-0.39, 0.29) is 5.92 Å². The highest BCUT2D eigenvalue weighted by molar-refractivity contribution is 7.89. The summed E-state index contributed by atoms with van der Waals surface area (Å²) in [4.78, 5) is 0.0876. The van der Waals surface area contributed by atoms with E-state index < -0.39 is 20.7 Å². The van der Waals surface area contributed by atoms with Crippen LogP contribution in [0.4, 0.5) is 4.39 Å². The minimum atomic E-state index is -4.11. The van der Waals surface area contributed by atoms with Gasteiger partial charge in [-0.2, -0.15) is 0 Å². The van der Waals surface area contributed by atoms with Crippen molar-refractivity contribution in [3.63, 3.8) is 0 Å². The summed E-state index contributed by atoms with van der Waals surface area (Å²) in [6.07, 6.45) is 5.45. The summed E-state index contributed by atoms with van der Waals surface area (Å²) in [6, 6.07) is 9.21. The fourth-order valence-electron chi connectivity index (χ4n) is 2.83. The van der Waals surface area contributed by atoms with Crippen LogP contribution in [0.1, 0.15) is 17.0 Å². The molecule has 1 aliphatic rings. The van der Waals surface area contributed by atoms with Gasteiger partial charge in [0.2, 0.25) is 10.0 Å². The van der Waals surface area contributed by atoms with Gasteiger partial charge < -0.3 is 4.74 Å². The molecule has 2 aromatic rings. The van der Waals surface area contributed by atoms with Crippen molar-refractivity contribution < 1.29 is 17.5 Å². The van der Waals surface area contributed by atoms with Crippen molar-refractivity contribution >= 4 is 44.3 Å². The lowest BCUT2D eigenvalue weighted by atomic mass is 9.88. The quantitative estimate of drug-likeness (QED) is 0.746. The van der Waals surface area contributed by atoms with Crippen LogP contribution in [0.3, 0.4) is 0 Å². The minimum absolute atomic E-state index is 0.152. The first-order valence-electron chi connectivity index (χ1n) is 7.80. The van der Waals surface area contributed by atoms with Crippen molar-refractivity contribution in [3.05, 3.63) is 76.6 Å². The summed E-state index contributed by atoms with van der Waals surface area (Å²) in [5, 5.41) is 5.47. The van der Waals surface area contributed by atoms with E-state index in [1.54, 1.807) is 25.3 Å². The maximum absolute atomic E-state index is 14.1. The normalized spacial score (nSPS) is 17.0. The predicted octanol–water partition coefficient (Wildman–Crippen LogP) is 4.24. The molecule has 1 aliphatic carbocycles. The van der Waals surface area contributed by atoms with Crippen LogP contribution in [-0.4, -0.2) is 20.4 Å². The molecule has 27 heavy (non-hydrogen) atoms. The molecule has 140 valence electrons. The minimum Gasteiger partial charge on any atom is -0.495 e. The summed E-state index contributed by atoms with van der Waals surface area (Å²) >= 11 is 11.7. The third-order valence-electron chi connectivity index (χ3n) is 4.18. The van der Waals surface area contributed by atoms with Crippen LogP contribution in [0.2, 0.25) is 5.02 Å². The lowest BCUT2D eigenvalue weighted by Crippen LogP contribution is -2.14. The average molecular weight is 424 g/mol. The fraction of sp³-hybridized carbons (Fsp3) is 0.105. The molecule has 1 unspecified atom stereocenters. The zero-order chi connectivity index (χ0) is 19.8. The molecule has 0 radical (unpaired) electrons. The average Bonchev–Trinajstić information content (AvgIpc) is 2.60. The van der Waals surface area contributed by atoms with Crippen LogP contribution in [0.25, 0.3) is 5.57 Å². The molecule has 0 bridgehead atoms. The first kappa shape index (κ1) is 19.7. The Morgan fingerprint density at radius 1 is 1.22 bits per heavy atom. The number of thiocarbonyl (C=S) groups is 1. The summed E-state index contributed by atoms with van der Waals surface area (Å²) in [5.74, 6) is -0.479. The van der Waals surface area contributed by atoms with Crippen LogP contribution in [0.15, 0.2) is 59.5 Å². The molecule has 0 spiro atoms. The molecule has 4 nitrogen and oxygen atoms in total.